The predicted molar refractivity (Wildman–Crippen MR) is 60.2 cm³/mol. The van der Waals surface area contributed by atoms with Crippen molar-refractivity contribution in [3.8, 4) is 0 Å². The maximum Gasteiger partial charge on any atom is 0.252 e. The van der Waals surface area contributed by atoms with Gasteiger partial charge in [0.1, 0.15) is 0 Å². The van der Waals surface area contributed by atoms with Gasteiger partial charge in [-0.1, -0.05) is 17.7 Å². The van der Waals surface area contributed by atoms with Crippen molar-refractivity contribution in [1.82, 2.24) is 0 Å². The van der Waals surface area contributed by atoms with E-state index in [0.717, 1.165) is 6.26 Å². The minimum absolute atomic E-state index is 0.134. The fraction of sp³-hybridized carbons (Fsp3) is 0.222. The molecule has 0 aliphatic heterocycles. The highest BCUT2D eigenvalue weighted by molar-refractivity contribution is 7.89. The van der Waals surface area contributed by atoms with Gasteiger partial charge in [0.15, 0.2) is 9.84 Å². The topological polar surface area (TPSA) is 51.2 Å². The van der Waals surface area contributed by atoms with E-state index in [1.165, 1.54) is 12.1 Å². The molecule has 0 bridgehead atoms. The van der Waals surface area contributed by atoms with Crippen molar-refractivity contribution in [2.24, 2.45) is 0 Å². The molecule has 1 aromatic carbocycles. The van der Waals surface area contributed by atoms with Gasteiger partial charge in [-0.25, -0.2) is 8.42 Å². The number of hydrogen-bond donors (Lipinski definition) is 0. The van der Waals surface area contributed by atoms with Crippen LogP contribution < -0.4 is 0 Å². The standard InChI is InChI=1S/C9H8Cl2O3S/c1-15(13,14)5-7-6(9(11)12)3-2-4-8(7)10/h2-4H,5H2,1H3. The molecule has 0 saturated heterocycles. The first-order valence-electron chi connectivity index (χ1n) is 3.96. The van der Waals surface area contributed by atoms with Crippen LogP contribution in [0.25, 0.3) is 0 Å². The highest BCUT2D eigenvalue weighted by Gasteiger charge is 2.16. The van der Waals surface area contributed by atoms with E-state index in [-0.39, 0.29) is 21.9 Å². The molecule has 0 atom stereocenters. The van der Waals surface area contributed by atoms with E-state index >= 15 is 0 Å². The van der Waals surface area contributed by atoms with Crippen LogP contribution in [-0.4, -0.2) is 19.9 Å². The molecule has 3 nitrogen and oxygen atoms in total. The maximum absolute atomic E-state index is 11.1. The molecule has 0 radical (unpaired) electrons. The van der Waals surface area contributed by atoms with E-state index in [0.29, 0.717) is 0 Å². The first-order chi connectivity index (χ1) is 6.81. The van der Waals surface area contributed by atoms with Gasteiger partial charge in [0.05, 0.1) is 5.75 Å². The van der Waals surface area contributed by atoms with Crippen molar-refractivity contribution in [3.05, 3.63) is 34.3 Å². The number of hydrogen-bond acceptors (Lipinski definition) is 3. The Morgan fingerprint density at radius 1 is 1.40 bits per heavy atom. The Balaban J connectivity index is 3.32. The number of sulfone groups is 1. The Hall–Kier alpha value is -0.580. The number of benzene rings is 1. The number of rotatable bonds is 3. The highest BCUT2D eigenvalue weighted by atomic mass is 35.5. The number of carbonyl (C=O) groups excluding carboxylic acids is 1. The van der Waals surface area contributed by atoms with Gasteiger partial charge in [-0.2, -0.15) is 0 Å². The van der Waals surface area contributed by atoms with Crippen molar-refractivity contribution >= 4 is 38.3 Å². The molecular weight excluding hydrogens is 259 g/mol. The Bertz CT molecular complexity index is 494. The molecule has 1 aromatic rings. The highest BCUT2D eigenvalue weighted by Crippen LogP contribution is 2.23. The van der Waals surface area contributed by atoms with E-state index in [4.69, 9.17) is 23.2 Å². The predicted octanol–water partition coefficient (Wildman–Crippen LogP) is 2.26. The molecule has 0 heterocycles. The molecule has 0 amide bonds. The Kier molecular flexibility index (Phi) is 3.76. The monoisotopic (exact) mass is 266 g/mol. The van der Waals surface area contributed by atoms with Crippen LogP contribution in [0.3, 0.4) is 0 Å². The Morgan fingerprint density at radius 2 is 2.00 bits per heavy atom. The lowest BCUT2D eigenvalue weighted by Crippen LogP contribution is -2.06. The molecule has 0 aliphatic rings. The van der Waals surface area contributed by atoms with E-state index in [1.54, 1.807) is 6.07 Å². The summed E-state index contributed by atoms with van der Waals surface area (Å²) in [4.78, 5) is 11.0. The third-order valence-electron chi connectivity index (χ3n) is 1.74. The molecule has 1 rings (SSSR count). The molecule has 0 fully saturated rings. The third-order valence-corrected chi connectivity index (χ3v) is 3.11. The van der Waals surface area contributed by atoms with Crippen LogP contribution in [0, 0.1) is 0 Å². The summed E-state index contributed by atoms with van der Waals surface area (Å²) < 4.78 is 22.2. The summed E-state index contributed by atoms with van der Waals surface area (Å²) in [6.45, 7) is 0. The second kappa shape index (κ2) is 4.51. The summed E-state index contributed by atoms with van der Waals surface area (Å²) in [5.41, 5.74) is 0.385. The molecule has 6 heteroatoms. The van der Waals surface area contributed by atoms with Crippen molar-refractivity contribution in [2.45, 2.75) is 5.75 Å². The van der Waals surface area contributed by atoms with Gasteiger partial charge in [0.25, 0.3) is 5.24 Å². The molecule has 0 N–H and O–H groups in total. The zero-order valence-corrected chi connectivity index (χ0v) is 10.2. The summed E-state index contributed by atoms with van der Waals surface area (Å²) in [6, 6.07) is 4.51. The average Bonchev–Trinajstić information content (AvgIpc) is 2.05. The first-order valence-corrected chi connectivity index (χ1v) is 6.78. The molecular formula is C9H8Cl2O3S. The van der Waals surface area contributed by atoms with Gasteiger partial charge in [-0.05, 0) is 29.3 Å². The van der Waals surface area contributed by atoms with Gasteiger partial charge < -0.3 is 0 Å². The molecule has 82 valence electrons. The van der Waals surface area contributed by atoms with Gasteiger partial charge in [0.2, 0.25) is 0 Å². The van der Waals surface area contributed by atoms with Crippen LogP contribution in [0.1, 0.15) is 15.9 Å². The molecule has 15 heavy (non-hydrogen) atoms. The smallest absolute Gasteiger partial charge is 0.252 e. The quantitative estimate of drug-likeness (QED) is 0.789. The fourth-order valence-corrected chi connectivity index (χ4v) is 2.48. The van der Waals surface area contributed by atoms with Gasteiger partial charge in [-0.15, -0.1) is 0 Å². The minimum Gasteiger partial charge on any atom is -0.276 e. The normalized spacial score (nSPS) is 11.4. The molecule has 0 aromatic heterocycles. The fourth-order valence-electron chi connectivity index (χ4n) is 1.15. The number of halogens is 2. The SMILES string of the molecule is CS(=O)(=O)Cc1c(Cl)cccc1C(=O)Cl. The van der Waals surface area contributed by atoms with Crippen molar-refractivity contribution in [1.29, 1.82) is 0 Å². The van der Waals surface area contributed by atoms with Crippen LogP contribution in [0.15, 0.2) is 18.2 Å². The molecule has 0 saturated carbocycles. The minimum atomic E-state index is -3.25. The van der Waals surface area contributed by atoms with E-state index in [9.17, 15) is 13.2 Å². The number of carbonyl (C=O) groups is 1. The van der Waals surface area contributed by atoms with Crippen LogP contribution in [0.4, 0.5) is 0 Å². The van der Waals surface area contributed by atoms with Crippen LogP contribution in [-0.2, 0) is 15.6 Å². The van der Waals surface area contributed by atoms with Gasteiger partial charge >= 0.3 is 0 Å². The molecule has 0 unspecified atom stereocenters. The lowest BCUT2D eigenvalue weighted by molar-refractivity contribution is 0.108. The van der Waals surface area contributed by atoms with Crippen LogP contribution >= 0.6 is 23.2 Å². The Labute approximate surface area is 97.9 Å². The van der Waals surface area contributed by atoms with Crippen molar-refractivity contribution in [3.63, 3.8) is 0 Å². The van der Waals surface area contributed by atoms with Crippen LogP contribution in [0.2, 0.25) is 5.02 Å². The lowest BCUT2D eigenvalue weighted by atomic mass is 10.1. The van der Waals surface area contributed by atoms with E-state index < -0.39 is 15.1 Å². The summed E-state index contributed by atoms with van der Waals surface area (Å²) >= 11 is 11.1. The van der Waals surface area contributed by atoms with Crippen molar-refractivity contribution < 1.29 is 13.2 Å². The summed E-state index contributed by atoms with van der Waals surface area (Å²) in [6.07, 6.45) is 1.07. The third kappa shape index (κ3) is 3.48. The zero-order valence-electron chi connectivity index (χ0n) is 7.83. The lowest BCUT2D eigenvalue weighted by Gasteiger charge is -2.06. The Morgan fingerprint density at radius 3 is 2.47 bits per heavy atom. The maximum atomic E-state index is 11.1. The second-order valence-electron chi connectivity index (χ2n) is 3.11. The second-order valence-corrected chi connectivity index (χ2v) is 6.00. The summed E-state index contributed by atoms with van der Waals surface area (Å²) in [5.74, 6) is -0.291. The van der Waals surface area contributed by atoms with Crippen LogP contribution in [0.5, 0.6) is 0 Å². The molecule has 0 spiro atoms. The largest absolute Gasteiger partial charge is 0.276 e. The van der Waals surface area contributed by atoms with Crippen molar-refractivity contribution in [2.75, 3.05) is 6.26 Å². The first kappa shape index (κ1) is 12.5. The molecule has 0 aliphatic carbocycles. The summed E-state index contributed by atoms with van der Waals surface area (Å²) in [7, 11) is -3.25. The zero-order chi connectivity index (χ0) is 11.6. The van der Waals surface area contributed by atoms with E-state index in [2.05, 4.69) is 0 Å². The van der Waals surface area contributed by atoms with Gasteiger partial charge in [0, 0.05) is 16.8 Å². The average molecular weight is 267 g/mol. The summed E-state index contributed by atoms with van der Waals surface area (Å²) in [5, 5.41) is -0.483. The van der Waals surface area contributed by atoms with E-state index in [1.807, 2.05) is 0 Å². The van der Waals surface area contributed by atoms with Gasteiger partial charge in [-0.3, -0.25) is 4.79 Å².